The molecule has 2 heterocycles. The number of ketones is 1. The van der Waals surface area contributed by atoms with Crippen molar-refractivity contribution in [3.63, 3.8) is 0 Å². The van der Waals surface area contributed by atoms with Crippen LogP contribution in [0.3, 0.4) is 0 Å². The Bertz CT molecular complexity index is 879. The monoisotopic (exact) mass is 382 g/mol. The number of unbranched alkanes of at least 4 members (excludes halogenated alkanes) is 1. The van der Waals surface area contributed by atoms with Gasteiger partial charge in [-0.2, -0.15) is 0 Å². The normalized spacial score (nSPS) is 16.3. The second-order valence-corrected chi connectivity index (χ2v) is 7.10. The summed E-state index contributed by atoms with van der Waals surface area (Å²) in [6.45, 7) is 3.77. The average molecular weight is 382 g/mol. The Morgan fingerprint density at radius 3 is 2.75 bits per heavy atom. The second-order valence-electron chi connectivity index (χ2n) is 7.10. The maximum atomic E-state index is 13.1. The Morgan fingerprint density at radius 2 is 2.11 bits per heavy atom. The lowest BCUT2D eigenvalue weighted by Crippen LogP contribution is -2.38. The number of nitrogens with zero attached hydrogens (tertiary/aromatic N) is 2. The quantitative estimate of drug-likeness (QED) is 0.679. The first-order valence-corrected chi connectivity index (χ1v) is 9.61. The van der Waals surface area contributed by atoms with Crippen LogP contribution in [-0.4, -0.2) is 32.7 Å². The number of Topliss-reactive ketones (excluding diaryl/α,β-unsaturated/α-hetero) is 1. The van der Waals surface area contributed by atoms with E-state index in [1.807, 2.05) is 26.0 Å². The molecule has 1 aliphatic carbocycles. The highest BCUT2D eigenvalue weighted by atomic mass is 16.5. The zero-order valence-corrected chi connectivity index (χ0v) is 16.3. The topological polar surface area (TPSA) is 96.5 Å². The Labute approximate surface area is 164 Å². The van der Waals surface area contributed by atoms with Crippen LogP contribution in [-0.2, 0) is 10.4 Å². The molecule has 2 N–H and O–H groups in total. The lowest BCUT2D eigenvalue weighted by Gasteiger charge is -2.30. The molecule has 0 spiro atoms. The molecule has 0 saturated heterocycles. The van der Waals surface area contributed by atoms with Crippen LogP contribution in [0.1, 0.15) is 54.8 Å². The highest BCUT2D eigenvalue weighted by Crippen LogP contribution is 2.39. The van der Waals surface area contributed by atoms with Gasteiger partial charge in [-0.05, 0) is 62.8 Å². The molecule has 0 fully saturated rings. The molecule has 28 heavy (non-hydrogen) atoms. The summed E-state index contributed by atoms with van der Waals surface area (Å²) in [6, 6.07) is 5.18. The van der Waals surface area contributed by atoms with Crippen LogP contribution < -0.4 is 0 Å². The molecule has 0 radical (unpaired) electrons. The minimum absolute atomic E-state index is 0.0219. The van der Waals surface area contributed by atoms with Gasteiger partial charge in [-0.3, -0.25) is 9.78 Å². The molecule has 0 aliphatic heterocycles. The summed E-state index contributed by atoms with van der Waals surface area (Å²) in [6.07, 6.45) is 8.02. The number of hydrogen-bond donors (Lipinski definition) is 2. The zero-order valence-electron chi connectivity index (χ0n) is 16.3. The number of aryl methyl sites for hydroxylation is 2. The molecule has 1 aliphatic rings. The van der Waals surface area contributed by atoms with Crippen LogP contribution >= 0.6 is 0 Å². The molecular formula is C22H26N2O4. The number of allylic oxidation sites excluding steroid dienone is 2. The minimum atomic E-state index is -1.82. The van der Waals surface area contributed by atoms with E-state index < -0.39 is 5.60 Å². The van der Waals surface area contributed by atoms with Gasteiger partial charge in [0.25, 0.3) is 0 Å². The standard InChI is InChI=1S/C22H26N2O4/c1-15-21(16(2)28-24-15)17-8-7-9-18(14-17)22(27,19-10-3-5-12-23-19)20(26)11-4-6-13-25/h3,5,9-10,12,14,25,27H,4,6-8,11,13H2,1-2H3. The number of hydrogen-bond acceptors (Lipinski definition) is 6. The molecule has 0 aromatic carbocycles. The van der Waals surface area contributed by atoms with Gasteiger partial charge in [-0.1, -0.05) is 23.4 Å². The lowest BCUT2D eigenvalue weighted by molar-refractivity contribution is -0.134. The molecule has 3 rings (SSSR count). The van der Waals surface area contributed by atoms with E-state index >= 15 is 0 Å². The fraction of sp³-hybridized carbons (Fsp3) is 0.409. The third kappa shape index (κ3) is 3.84. The van der Waals surface area contributed by atoms with Crippen LogP contribution in [0.2, 0.25) is 0 Å². The first-order chi connectivity index (χ1) is 13.5. The fourth-order valence-electron chi connectivity index (χ4n) is 3.70. The van der Waals surface area contributed by atoms with Crippen molar-refractivity contribution in [2.24, 2.45) is 0 Å². The van der Waals surface area contributed by atoms with Crippen molar-refractivity contribution in [1.82, 2.24) is 10.1 Å². The minimum Gasteiger partial charge on any atom is -0.396 e. The number of carbonyl (C=O) groups excluding carboxylic acids is 1. The van der Waals surface area contributed by atoms with Gasteiger partial charge in [-0.25, -0.2) is 0 Å². The molecule has 2 aromatic heterocycles. The number of aromatic nitrogens is 2. The van der Waals surface area contributed by atoms with E-state index in [0.29, 0.717) is 30.5 Å². The summed E-state index contributed by atoms with van der Waals surface area (Å²) < 4.78 is 5.29. The third-order valence-electron chi connectivity index (χ3n) is 5.13. The SMILES string of the molecule is Cc1noc(C)c1C1=CC(C(O)(C(=O)CCCCO)c2ccccn2)=CCC1. The number of pyridine rings is 1. The Morgan fingerprint density at radius 1 is 1.29 bits per heavy atom. The summed E-state index contributed by atoms with van der Waals surface area (Å²) >= 11 is 0. The average Bonchev–Trinajstić information content (AvgIpc) is 3.06. The Kier molecular flexibility index (Phi) is 6.21. The largest absolute Gasteiger partial charge is 0.396 e. The van der Waals surface area contributed by atoms with Crippen molar-refractivity contribution >= 4 is 11.4 Å². The molecule has 0 saturated carbocycles. The number of carbonyl (C=O) groups is 1. The van der Waals surface area contributed by atoms with E-state index in [0.717, 1.165) is 29.0 Å². The van der Waals surface area contributed by atoms with Crippen LogP contribution in [0.4, 0.5) is 0 Å². The number of rotatable bonds is 8. The van der Waals surface area contributed by atoms with Crippen molar-refractivity contribution in [3.8, 4) is 0 Å². The Hall–Kier alpha value is -2.57. The molecule has 6 nitrogen and oxygen atoms in total. The first-order valence-electron chi connectivity index (χ1n) is 9.61. The molecule has 0 bridgehead atoms. The van der Waals surface area contributed by atoms with Gasteiger partial charge in [0.05, 0.1) is 11.4 Å². The predicted molar refractivity (Wildman–Crippen MR) is 105 cm³/mol. The molecular weight excluding hydrogens is 356 g/mol. The van der Waals surface area contributed by atoms with Crippen LogP contribution in [0, 0.1) is 13.8 Å². The first kappa shape index (κ1) is 20.2. The van der Waals surface area contributed by atoms with E-state index in [9.17, 15) is 9.90 Å². The highest BCUT2D eigenvalue weighted by molar-refractivity contribution is 5.93. The van der Waals surface area contributed by atoms with Gasteiger partial charge >= 0.3 is 0 Å². The van der Waals surface area contributed by atoms with Gasteiger partial charge in [0.2, 0.25) is 0 Å². The van der Waals surface area contributed by atoms with E-state index in [1.165, 1.54) is 0 Å². The van der Waals surface area contributed by atoms with Crippen molar-refractivity contribution < 1.29 is 19.5 Å². The molecule has 1 atom stereocenters. The maximum Gasteiger partial charge on any atom is 0.190 e. The van der Waals surface area contributed by atoms with Crippen molar-refractivity contribution in [3.05, 3.63) is 64.8 Å². The summed E-state index contributed by atoms with van der Waals surface area (Å²) in [4.78, 5) is 17.4. The molecule has 1 unspecified atom stereocenters. The highest BCUT2D eigenvalue weighted by Gasteiger charge is 2.42. The molecule has 6 heteroatoms. The molecule has 0 amide bonds. The van der Waals surface area contributed by atoms with Crippen LogP contribution in [0.15, 0.2) is 46.6 Å². The lowest BCUT2D eigenvalue weighted by atomic mass is 9.79. The van der Waals surface area contributed by atoms with Gasteiger partial charge in [0, 0.05) is 24.8 Å². The summed E-state index contributed by atoms with van der Waals surface area (Å²) in [5, 5.41) is 24.6. The zero-order chi connectivity index (χ0) is 20.1. The van der Waals surface area contributed by atoms with E-state index in [4.69, 9.17) is 9.63 Å². The predicted octanol–water partition coefficient (Wildman–Crippen LogP) is 3.41. The smallest absolute Gasteiger partial charge is 0.190 e. The fourth-order valence-corrected chi connectivity index (χ4v) is 3.70. The molecule has 148 valence electrons. The van der Waals surface area contributed by atoms with Gasteiger partial charge in [0.15, 0.2) is 11.4 Å². The summed E-state index contributed by atoms with van der Waals surface area (Å²) in [5.41, 5.74) is 1.74. The molecule has 2 aromatic rings. The van der Waals surface area contributed by atoms with Gasteiger partial charge in [0.1, 0.15) is 5.76 Å². The van der Waals surface area contributed by atoms with Crippen LogP contribution in [0.5, 0.6) is 0 Å². The van der Waals surface area contributed by atoms with Crippen LogP contribution in [0.25, 0.3) is 5.57 Å². The maximum absolute atomic E-state index is 13.1. The Balaban J connectivity index is 2.03. The summed E-state index contributed by atoms with van der Waals surface area (Å²) in [7, 11) is 0. The van der Waals surface area contributed by atoms with Crippen molar-refractivity contribution in [1.29, 1.82) is 0 Å². The number of aliphatic hydroxyl groups is 2. The van der Waals surface area contributed by atoms with Gasteiger partial charge in [-0.15, -0.1) is 0 Å². The third-order valence-corrected chi connectivity index (χ3v) is 5.13. The van der Waals surface area contributed by atoms with Crippen molar-refractivity contribution in [2.75, 3.05) is 6.61 Å². The van der Waals surface area contributed by atoms with E-state index in [1.54, 1.807) is 24.4 Å². The number of aliphatic hydroxyl groups excluding tert-OH is 1. The van der Waals surface area contributed by atoms with Crippen molar-refractivity contribution in [2.45, 2.75) is 51.6 Å². The second kappa shape index (κ2) is 8.63. The van der Waals surface area contributed by atoms with E-state index in [2.05, 4.69) is 10.1 Å². The van der Waals surface area contributed by atoms with Gasteiger partial charge < -0.3 is 14.7 Å². The summed E-state index contributed by atoms with van der Waals surface area (Å²) in [5.74, 6) is 0.405. The van der Waals surface area contributed by atoms with E-state index in [-0.39, 0.29) is 18.8 Å².